The van der Waals surface area contributed by atoms with Gasteiger partial charge >= 0.3 is 0 Å². The molecule has 0 radical (unpaired) electrons. The number of nitrogens with zero attached hydrogens (tertiary/aromatic N) is 2. The van der Waals surface area contributed by atoms with Crippen LogP contribution in [0.2, 0.25) is 0 Å². The summed E-state index contributed by atoms with van der Waals surface area (Å²) < 4.78 is 10.6. The molecule has 1 amide bonds. The number of fused-ring (bicyclic) bond motifs is 1. The average molecular weight is 321 g/mol. The number of hydrogen-bond acceptors (Lipinski definition) is 5. The van der Waals surface area contributed by atoms with Gasteiger partial charge in [-0.05, 0) is 35.9 Å². The highest BCUT2D eigenvalue weighted by molar-refractivity contribution is 6.17. The molecular formula is C18H15N3O3. The lowest BCUT2D eigenvalue weighted by Gasteiger charge is -2.13. The molecule has 1 N–H and O–H groups in total. The van der Waals surface area contributed by atoms with Crippen molar-refractivity contribution in [1.29, 1.82) is 0 Å². The highest BCUT2D eigenvalue weighted by Crippen LogP contribution is 2.33. The zero-order valence-electron chi connectivity index (χ0n) is 13.0. The third-order valence-electron chi connectivity index (χ3n) is 3.80. The van der Waals surface area contributed by atoms with E-state index < -0.39 is 0 Å². The second-order valence-electron chi connectivity index (χ2n) is 5.43. The lowest BCUT2D eigenvalue weighted by atomic mass is 10.1. The number of ether oxygens (including phenoxy) is 2. The van der Waals surface area contributed by atoms with Crippen LogP contribution in [0.1, 0.15) is 5.56 Å². The van der Waals surface area contributed by atoms with Gasteiger partial charge < -0.3 is 14.8 Å². The van der Waals surface area contributed by atoms with E-state index in [4.69, 9.17) is 9.47 Å². The molecule has 2 heterocycles. The molecule has 0 aliphatic carbocycles. The van der Waals surface area contributed by atoms with Crippen molar-refractivity contribution < 1.29 is 14.3 Å². The Morgan fingerprint density at radius 2 is 1.92 bits per heavy atom. The predicted molar refractivity (Wildman–Crippen MR) is 90.8 cm³/mol. The third kappa shape index (κ3) is 2.58. The number of carbonyl (C=O) groups excluding carboxylic acids is 1. The standard InChI is InChI=1S/C18H15N3O3/c1-21-17(22)14(20-18(21)19-13-5-3-2-4-6-13)9-12-7-8-15-16(10-12)24-11-23-15/h2-10H,11H2,1H3,(H,19,20)/b14-9-. The van der Waals surface area contributed by atoms with Crippen LogP contribution in [0.25, 0.3) is 6.08 Å². The molecule has 2 aliphatic heterocycles. The van der Waals surface area contributed by atoms with Crippen LogP contribution >= 0.6 is 0 Å². The largest absolute Gasteiger partial charge is 0.454 e. The quantitative estimate of drug-likeness (QED) is 0.864. The molecule has 0 bridgehead atoms. The molecular weight excluding hydrogens is 306 g/mol. The second-order valence-corrected chi connectivity index (χ2v) is 5.43. The van der Waals surface area contributed by atoms with Crippen LogP contribution in [-0.4, -0.2) is 30.6 Å². The first-order valence-electron chi connectivity index (χ1n) is 7.51. The normalized spacial score (nSPS) is 17.4. The molecule has 24 heavy (non-hydrogen) atoms. The number of anilines is 1. The van der Waals surface area contributed by atoms with Crippen LogP contribution in [0.15, 0.2) is 59.2 Å². The fraction of sp³-hybridized carbons (Fsp3) is 0.111. The Bertz CT molecular complexity index is 859. The Morgan fingerprint density at radius 1 is 1.12 bits per heavy atom. The molecule has 0 saturated carbocycles. The maximum absolute atomic E-state index is 12.4. The minimum Gasteiger partial charge on any atom is -0.454 e. The van der Waals surface area contributed by atoms with Gasteiger partial charge in [0.2, 0.25) is 12.8 Å². The monoisotopic (exact) mass is 321 g/mol. The molecule has 0 aromatic heterocycles. The molecule has 0 saturated heterocycles. The Morgan fingerprint density at radius 3 is 2.75 bits per heavy atom. The van der Waals surface area contributed by atoms with Gasteiger partial charge in [0.05, 0.1) is 0 Å². The van der Waals surface area contributed by atoms with Crippen LogP contribution in [0.5, 0.6) is 11.5 Å². The van der Waals surface area contributed by atoms with E-state index in [1.165, 1.54) is 4.90 Å². The molecule has 2 aliphatic rings. The Hall–Kier alpha value is -3.28. The Kier molecular flexibility index (Phi) is 3.42. The van der Waals surface area contributed by atoms with E-state index in [9.17, 15) is 4.79 Å². The summed E-state index contributed by atoms with van der Waals surface area (Å²) in [5.74, 6) is 1.72. The molecule has 4 rings (SSSR count). The van der Waals surface area contributed by atoms with E-state index in [1.807, 2.05) is 48.5 Å². The van der Waals surface area contributed by atoms with E-state index in [-0.39, 0.29) is 12.7 Å². The van der Waals surface area contributed by atoms with Crippen LogP contribution in [0.4, 0.5) is 5.69 Å². The van der Waals surface area contributed by atoms with Crippen LogP contribution in [-0.2, 0) is 4.79 Å². The number of hydrogen-bond donors (Lipinski definition) is 1. The van der Waals surface area contributed by atoms with Gasteiger partial charge in [-0.15, -0.1) is 0 Å². The van der Waals surface area contributed by atoms with Gasteiger partial charge in [0.25, 0.3) is 5.91 Å². The van der Waals surface area contributed by atoms with Crippen molar-refractivity contribution >= 4 is 23.6 Å². The molecule has 2 aromatic rings. The topological polar surface area (TPSA) is 63.2 Å². The highest BCUT2D eigenvalue weighted by atomic mass is 16.7. The average Bonchev–Trinajstić information content (AvgIpc) is 3.16. The molecule has 0 spiro atoms. The zero-order chi connectivity index (χ0) is 16.5. The van der Waals surface area contributed by atoms with Crippen molar-refractivity contribution in [2.75, 3.05) is 19.2 Å². The van der Waals surface area contributed by atoms with Crippen molar-refractivity contribution in [2.24, 2.45) is 4.99 Å². The van der Waals surface area contributed by atoms with E-state index in [0.717, 1.165) is 11.3 Å². The smallest absolute Gasteiger partial charge is 0.279 e. The van der Waals surface area contributed by atoms with E-state index in [2.05, 4.69) is 10.3 Å². The number of likely N-dealkylation sites (N-methyl/N-ethyl adjacent to an activating group) is 1. The van der Waals surface area contributed by atoms with Gasteiger partial charge in [0.1, 0.15) is 5.70 Å². The lowest BCUT2D eigenvalue weighted by Crippen LogP contribution is -2.32. The maximum atomic E-state index is 12.4. The Labute approximate surface area is 139 Å². The number of para-hydroxylation sites is 1. The minimum absolute atomic E-state index is 0.161. The molecule has 0 atom stereocenters. The fourth-order valence-electron chi connectivity index (χ4n) is 2.52. The van der Waals surface area contributed by atoms with E-state index in [1.54, 1.807) is 13.1 Å². The van der Waals surface area contributed by atoms with Gasteiger partial charge in [-0.3, -0.25) is 9.69 Å². The molecule has 0 fully saturated rings. The summed E-state index contributed by atoms with van der Waals surface area (Å²) >= 11 is 0. The minimum atomic E-state index is -0.161. The van der Waals surface area contributed by atoms with Crippen LogP contribution in [0.3, 0.4) is 0 Å². The summed E-state index contributed by atoms with van der Waals surface area (Å²) in [6, 6.07) is 15.1. The lowest BCUT2D eigenvalue weighted by molar-refractivity contribution is -0.121. The van der Waals surface area contributed by atoms with Gasteiger partial charge in [-0.1, -0.05) is 24.3 Å². The number of rotatable bonds is 2. The predicted octanol–water partition coefficient (Wildman–Crippen LogP) is 2.70. The van der Waals surface area contributed by atoms with Gasteiger partial charge in [0, 0.05) is 12.7 Å². The molecule has 2 aromatic carbocycles. The molecule has 6 nitrogen and oxygen atoms in total. The first kappa shape index (κ1) is 14.3. The summed E-state index contributed by atoms with van der Waals surface area (Å²) in [4.78, 5) is 18.3. The summed E-state index contributed by atoms with van der Waals surface area (Å²) in [5, 5.41) is 3.15. The van der Waals surface area contributed by atoms with Gasteiger partial charge in [-0.2, -0.15) is 0 Å². The number of carbonyl (C=O) groups is 1. The fourth-order valence-corrected chi connectivity index (χ4v) is 2.52. The zero-order valence-corrected chi connectivity index (χ0v) is 13.0. The number of amides is 1. The number of aliphatic imine (C=N–C) groups is 1. The van der Waals surface area contributed by atoms with Crippen LogP contribution < -0.4 is 14.8 Å². The van der Waals surface area contributed by atoms with Crippen LogP contribution in [0, 0.1) is 0 Å². The number of benzene rings is 2. The van der Waals surface area contributed by atoms with Crippen molar-refractivity contribution in [3.8, 4) is 11.5 Å². The first-order valence-corrected chi connectivity index (χ1v) is 7.51. The summed E-state index contributed by atoms with van der Waals surface area (Å²) in [6.45, 7) is 0.223. The number of guanidine groups is 1. The summed E-state index contributed by atoms with van der Waals surface area (Å²) in [6.07, 6.45) is 1.74. The summed E-state index contributed by atoms with van der Waals surface area (Å²) in [7, 11) is 1.69. The first-order chi connectivity index (χ1) is 11.7. The molecule has 120 valence electrons. The summed E-state index contributed by atoms with van der Waals surface area (Å²) in [5.41, 5.74) is 2.08. The van der Waals surface area contributed by atoms with Gasteiger partial charge in [0.15, 0.2) is 11.5 Å². The Balaban J connectivity index is 1.61. The van der Waals surface area contributed by atoms with Crippen molar-refractivity contribution in [2.45, 2.75) is 0 Å². The van der Waals surface area contributed by atoms with Crippen molar-refractivity contribution in [3.63, 3.8) is 0 Å². The third-order valence-corrected chi connectivity index (χ3v) is 3.80. The number of nitrogens with one attached hydrogen (secondary N) is 1. The van der Waals surface area contributed by atoms with E-state index in [0.29, 0.717) is 23.2 Å². The van der Waals surface area contributed by atoms with E-state index >= 15 is 0 Å². The van der Waals surface area contributed by atoms with Crippen molar-refractivity contribution in [3.05, 3.63) is 59.8 Å². The van der Waals surface area contributed by atoms with Gasteiger partial charge in [-0.25, -0.2) is 4.99 Å². The second kappa shape index (κ2) is 5.73. The SMILES string of the molecule is CN1C(=O)/C(=C/c2ccc3c(c2)OCO3)N=C1Nc1ccccc1. The maximum Gasteiger partial charge on any atom is 0.279 e. The highest BCUT2D eigenvalue weighted by Gasteiger charge is 2.27. The molecule has 0 unspecified atom stereocenters. The molecule has 6 heteroatoms. The van der Waals surface area contributed by atoms with Crippen molar-refractivity contribution in [1.82, 2.24) is 4.90 Å².